The Labute approximate surface area is 101 Å². The van der Waals surface area contributed by atoms with Crippen molar-refractivity contribution in [2.45, 2.75) is 25.3 Å². The van der Waals surface area contributed by atoms with Crippen molar-refractivity contribution >= 4 is 10.9 Å². The van der Waals surface area contributed by atoms with Gasteiger partial charge in [0.15, 0.2) is 0 Å². The number of aromatic amines is 1. The topological polar surface area (TPSA) is 37.0 Å². The minimum atomic E-state index is 0.787. The molecule has 2 aromatic rings. The van der Waals surface area contributed by atoms with Crippen molar-refractivity contribution in [1.82, 2.24) is 10.3 Å². The molecule has 0 atom stereocenters. The van der Waals surface area contributed by atoms with Gasteiger partial charge in [0, 0.05) is 17.6 Å². The first kappa shape index (κ1) is 10.7. The number of benzene rings is 1. The molecule has 3 nitrogen and oxygen atoms in total. The van der Waals surface area contributed by atoms with Crippen LogP contribution in [0.15, 0.2) is 24.4 Å². The molecule has 90 valence electrons. The van der Waals surface area contributed by atoms with Crippen molar-refractivity contribution < 1.29 is 4.74 Å². The van der Waals surface area contributed by atoms with Gasteiger partial charge in [-0.25, -0.2) is 0 Å². The fourth-order valence-electron chi connectivity index (χ4n) is 2.26. The van der Waals surface area contributed by atoms with E-state index in [-0.39, 0.29) is 0 Å². The van der Waals surface area contributed by atoms with Crippen molar-refractivity contribution in [3.63, 3.8) is 0 Å². The predicted molar refractivity (Wildman–Crippen MR) is 69.6 cm³/mol. The lowest BCUT2D eigenvalue weighted by atomic mass is 10.1. The summed E-state index contributed by atoms with van der Waals surface area (Å²) in [6, 6.07) is 6.98. The van der Waals surface area contributed by atoms with E-state index < -0.39 is 0 Å². The second-order valence-corrected chi connectivity index (χ2v) is 4.68. The van der Waals surface area contributed by atoms with Crippen LogP contribution in [0.3, 0.4) is 0 Å². The second-order valence-electron chi connectivity index (χ2n) is 4.68. The Balaban J connectivity index is 1.79. The highest BCUT2D eigenvalue weighted by Gasteiger charge is 2.19. The van der Waals surface area contributed by atoms with Gasteiger partial charge < -0.3 is 15.0 Å². The number of para-hydroxylation sites is 1. The van der Waals surface area contributed by atoms with E-state index in [4.69, 9.17) is 4.74 Å². The number of nitrogens with one attached hydrogen (secondary N) is 2. The molecule has 0 radical (unpaired) electrons. The van der Waals surface area contributed by atoms with Crippen molar-refractivity contribution in [1.29, 1.82) is 0 Å². The number of ether oxygens (including phenoxy) is 1. The summed E-state index contributed by atoms with van der Waals surface area (Å²) in [6.07, 6.45) is 5.87. The molecular weight excluding hydrogens is 212 g/mol. The number of H-pyrrole nitrogens is 1. The van der Waals surface area contributed by atoms with Gasteiger partial charge in [0.25, 0.3) is 0 Å². The van der Waals surface area contributed by atoms with E-state index in [2.05, 4.69) is 22.6 Å². The molecule has 0 aliphatic heterocycles. The minimum Gasteiger partial charge on any atom is -0.495 e. The molecule has 1 aromatic carbocycles. The number of fused-ring (bicyclic) bond motifs is 1. The maximum absolute atomic E-state index is 5.35. The largest absolute Gasteiger partial charge is 0.495 e. The highest BCUT2D eigenvalue weighted by molar-refractivity contribution is 5.88. The number of methoxy groups -OCH3 is 1. The lowest BCUT2D eigenvalue weighted by Crippen LogP contribution is -2.19. The van der Waals surface area contributed by atoms with E-state index in [1.165, 1.54) is 23.8 Å². The smallest absolute Gasteiger partial charge is 0.142 e. The SMILES string of the molecule is COc1cccc2c(CCNC3CC3)c[nH]c12. The highest BCUT2D eigenvalue weighted by atomic mass is 16.5. The van der Waals surface area contributed by atoms with Crippen LogP contribution < -0.4 is 10.1 Å². The lowest BCUT2D eigenvalue weighted by Gasteiger charge is -2.03. The summed E-state index contributed by atoms with van der Waals surface area (Å²) in [5, 5.41) is 4.82. The molecule has 1 aliphatic carbocycles. The van der Waals surface area contributed by atoms with Crippen LogP contribution in [-0.4, -0.2) is 24.7 Å². The molecular formula is C14H18N2O. The molecule has 1 aliphatic rings. The van der Waals surface area contributed by atoms with E-state index in [0.29, 0.717) is 0 Å². The van der Waals surface area contributed by atoms with E-state index in [0.717, 1.165) is 30.3 Å². The third-order valence-corrected chi connectivity index (χ3v) is 3.39. The average Bonchev–Trinajstić information content (AvgIpc) is 3.09. The van der Waals surface area contributed by atoms with Gasteiger partial charge in [0.05, 0.1) is 12.6 Å². The molecule has 1 aromatic heterocycles. The molecule has 0 saturated heterocycles. The molecule has 1 fully saturated rings. The third-order valence-electron chi connectivity index (χ3n) is 3.39. The first-order valence-corrected chi connectivity index (χ1v) is 6.25. The van der Waals surface area contributed by atoms with Gasteiger partial charge in [-0.2, -0.15) is 0 Å². The predicted octanol–water partition coefficient (Wildman–Crippen LogP) is 2.47. The van der Waals surface area contributed by atoms with Crippen LogP contribution in [0.25, 0.3) is 10.9 Å². The molecule has 2 N–H and O–H groups in total. The number of aromatic nitrogens is 1. The van der Waals surface area contributed by atoms with Crippen LogP contribution in [0, 0.1) is 0 Å². The van der Waals surface area contributed by atoms with Gasteiger partial charge >= 0.3 is 0 Å². The van der Waals surface area contributed by atoms with Crippen molar-refractivity contribution in [3.8, 4) is 5.75 Å². The summed E-state index contributed by atoms with van der Waals surface area (Å²) in [5.41, 5.74) is 2.48. The Morgan fingerprint density at radius 3 is 3.06 bits per heavy atom. The van der Waals surface area contributed by atoms with Crippen LogP contribution in [0.4, 0.5) is 0 Å². The van der Waals surface area contributed by atoms with Crippen molar-refractivity contribution in [2.24, 2.45) is 0 Å². The normalized spacial score (nSPS) is 15.4. The van der Waals surface area contributed by atoms with E-state index in [1.807, 2.05) is 12.1 Å². The third kappa shape index (κ3) is 2.15. The fourth-order valence-corrected chi connectivity index (χ4v) is 2.26. The van der Waals surface area contributed by atoms with Crippen LogP contribution in [0.1, 0.15) is 18.4 Å². The lowest BCUT2D eigenvalue weighted by molar-refractivity contribution is 0.419. The molecule has 0 spiro atoms. The van der Waals surface area contributed by atoms with Crippen LogP contribution in [0.5, 0.6) is 5.75 Å². The Kier molecular flexibility index (Phi) is 2.77. The molecule has 1 saturated carbocycles. The minimum absolute atomic E-state index is 0.787. The van der Waals surface area contributed by atoms with E-state index in [1.54, 1.807) is 7.11 Å². The first-order valence-electron chi connectivity index (χ1n) is 6.25. The van der Waals surface area contributed by atoms with E-state index >= 15 is 0 Å². The van der Waals surface area contributed by atoms with Crippen LogP contribution in [-0.2, 0) is 6.42 Å². The molecule has 17 heavy (non-hydrogen) atoms. The van der Waals surface area contributed by atoms with Gasteiger partial charge in [0.2, 0.25) is 0 Å². The van der Waals surface area contributed by atoms with Gasteiger partial charge in [-0.15, -0.1) is 0 Å². The van der Waals surface area contributed by atoms with Gasteiger partial charge in [-0.3, -0.25) is 0 Å². The zero-order valence-corrected chi connectivity index (χ0v) is 10.1. The summed E-state index contributed by atoms with van der Waals surface area (Å²) < 4.78 is 5.35. The Morgan fingerprint density at radius 2 is 2.29 bits per heavy atom. The highest BCUT2D eigenvalue weighted by Crippen LogP contribution is 2.27. The van der Waals surface area contributed by atoms with Crippen molar-refractivity contribution in [2.75, 3.05) is 13.7 Å². The standard InChI is InChI=1S/C14H18N2O/c1-17-13-4-2-3-12-10(9-16-14(12)13)7-8-15-11-5-6-11/h2-4,9,11,15-16H,5-8H2,1H3. The molecule has 0 amide bonds. The Hall–Kier alpha value is -1.48. The molecule has 0 unspecified atom stereocenters. The summed E-state index contributed by atoms with van der Waals surface area (Å²) in [5.74, 6) is 0.920. The number of rotatable bonds is 5. The molecule has 1 heterocycles. The Bertz CT molecular complexity index is 514. The van der Waals surface area contributed by atoms with Crippen molar-refractivity contribution in [3.05, 3.63) is 30.0 Å². The van der Waals surface area contributed by atoms with Gasteiger partial charge in [-0.1, -0.05) is 12.1 Å². The fraction of sp³-hybridized carbons (Fsp3) is 0.429. The quantitative estimate of drug-likeness (QED) is 0.828. The number of hydrogen-bond donors (Lipinski definition) is 2. The van der Waals surface area contributed by atoms with Crippen LogP contribution in [0.2, 0.25) is 0 Å². The summed E-state index contributed by atoms with van der Waals surface area (Å²) in [7, 11) is 1.71. The second kappa shape index (κ2) is 4.41. The summed E-state index contributed by atoms with van der Waals surface area (Å²) >= 11 is 0. The molecule has 0 bridgehead atoms. The van der Waals surface area contributed by atoms with E-state index in [9.17, 15) is 0 Å². The maximum Gasteiger partial charge on any atom is 0.142 e. The average molecular weight is 230 g/mol. The zero-order chi connectivity index (χ0) is 11.7. The molecule has 3 rings (SSSR count). The first-order chi connectivity index (χ1) is 8.38. The number of hydrogen-bond acceptors (Lipinski definition) is 2. The van der Waals surface area contributed by atoms with Crippen LogP contribution >= 0.6 is 0 Å². The maximum atomic E-state index is 5.35. The Morgan fingerprint density at radius 1 is 1.41 bits per heavy atom. The van der Waals surface area contributed by atoms with Gasteiger partial charge in [0.1, 0.15) is 5.75 Å². The monoisotopic (exact) mass is 230 g/mol. The molecule has 3 heteroatoms. The van der Waals surface area contributed by atoms with Gasteiger partial charge in [-0.05, 0) is 37.4 Å². The summed E-state index contributed by atoms with van der Waals surface area (Å²) in [4.78, 5) is 3.31. The zero-order valence-electron chi connectivity index (χ0n) is 10.1. The summed E-state index contributed by atoms with van der Waals surface area (Å²) in [6.45, 7) is 1.06.